The maximum absolute atomic E-state index is 12.0. The van der Waals surface area contributed by atoms with Gasteiger partial charge in [-0.1, -0.05) is 38.1 Å². The number of hydrogen-bond acceptors (Lipinski definition) is 3. The van der Waals surface area contributed by atoms with Crippen LogP contribution in [0.25, 0.3) is 0 Å². The summed E-state index contributed by atoms with van der Waals surface area (Å²) in [6, 6.07) is 10.8. The Hall–Kier alpha value is -1.65. The third kappa shape index (κ3) is 5.19. The molecule has 2 aromatic rings. The molecule has 1 aromatic carbocycles. The molecular formula is C19H26N2OS. The SMILES string of the molecule is Cc1ccsc1CNC(=O)CNC(C)c1ccc(C(C)C)cc1. The van der Waals surface area contributed by atoms with Crippen LogP contribution in [0.2, 0.25) is 0 Å². The monoisotopic (exact) mass is 330 g/mol. The molecule has 2 N–H and O–H groups in total. The summed E-state index contributed by atoms with van der Waals surface area (Å²) >= 11 is 1.68. The fourth-order valence-corrected chi connectivity index (χ4v) is 3.21. The van der Waals surface area contributed by atoms with Crippen LogP contribution in [0.4, 0.5) is 0 Å². The first-order valence-electron chi connectivity index (χ1n) is 8.10. The first-order valence-corrected chi connectivity index (χ1v) is 8.98. The average molecular weight is 330 g/mol. The Balaban J connectivity index is 1.78. The molecule has 23 heavy (non-hydrogen) atoms. The zero-order valence-electron chi connectivity index (χ0n) is 14.3. The van der Waals surface area contributed by atoms with Crippen molar-refractivity contribution in [1.82, 2.24) is 10.6 Å². The second-order valence-electron chi connectivity index (χ2n) is 6.23. The highest BCUT2D eigenvalue weighted by atomic mass is 32.1. The lowest BCUT2D eigenvalue weighted by molar-refractivity contribution is -0.120. The van der Waals surface area contributed by atoms with Gasteiger partial charge < -0.3 is 10.6 Å². The van der Waals surface area contributed by atoms with Crippen molar-refractivity contribution in [2.24, 2.45) is 0 Å². The Morgan fingerprint density at radius 3 is 2.30 bits per heavy atom. The molecule has 0 saturated heterocycles. The number of carbonyl (C=O) groups is 1. The first-order chi connectivity index (χ1) is 11.0. The van der Waals surface area contributed by atoms with E-state index in [1.165, 1.54) is 21.6 Å². The molecule has 1 heterocycles. The average Bonchev–Trinajstić information content (AvgIpc) is 2.95. The van der Waals surface area contributed by atoms with Gasteiger partial charge in [-0.05, 0) is 47.9 Å². The van der Waals surface area contributed by atoms with E-state index in [9.17, 15) is 4.79 Å². The Labute approximate surface area is 143 Å². The van der Waals surface area contributed by atoms with Crippen LogP contribution in [-0.4, -0.2) is 12.5 Å². The Kier molecular flexibility index (Phi) is 6.37. The van der Waals surface area contributed by atoms with Gasteiger partial charge in [0.15, 0.2) is 0 Å². The van der Waals surface area contributed by atoms with Crippen molar-refractivity contribution in [2.45, 2.75) is 46.2 Å². The van der Waals surface area contributed by atoms with Gasteiger partial charge in [0.05, 0.1) is 13.1 Å². The summed E-state index contributed by atoms with van der Waals surface area (Å²) in [6.45, 7) is 9.48. The molecule has 3 nitrogen and oxygen atoms in total. The van der Waals surface area contributed by atoms with Crippen LogP contribution >= 0.6 is 11.3 Å². The number of aryl methyl sites for hydroxylation is 1. The van der Waals surface area contributed by atoms with E-state index in [0.717, 1.165) is 0 Å². The van der Waals surface area contributed by atoms with Gasteiger partial charge in [-0.15, -0.1) is 11.3 Å². The van der Waals surface area contributed by atoms with E-state index in [1.807, 2.05) is 0 Å². The van der Waals surface area contributed by atoms with Gasteiger partial charge in [-0.2, -0.15) is 0 Å². The summed E-state index contributed by atoms with van der Waals surface area (Å²) in [5.74, 6) is 0.572. The molecule has 0 radical (unpaired) electrons. The number of rotatable bonds is 7. The summed E-state index contributed by atoms with van der Waals surface area (Å²) in [4.78, 5) is 13.2. The maximum Gasteiger partial charge on any atom is 0.234 e. The molecule has 1 amide bonds. The van der Waals surface area contributed by atoms with Crippen molar-refractivity contribution in [3.8, 4) is 0 Å². The minimum Gasteiger partial charge on any atom is -0.350 e. The highest BCUT2D eigenvalue weighted by Crippen LogP contribution is 2.18. The van der Waals surface area contributed by atoms with E-state index in [2.05, 4.69) is 74.0 Å². The minimum absolute atomic E-state index is 0.0310. The highest BCUT2D eigenvalue weighted by Gasteiger charge is 2.09. The number of nitrogens with one attached hydrogen (secondary N) is 2. The van der Waals surface area contributed by atoms with E-state index in [0.29, 0.717) is 19.0 Å². The Morgan fingerprint density at radius 2 is 1.74 bits per heavy atom. The summed E-state index contributed by atoms with van der Waals surface area (Å²) in [5.41, 5.74) is 3.78. The molecule has 0 fully saturated rings. The first kappa shape index (κ1) is 17.7. The molecule has 1 atom stereocenters. The fraction of sp³-hybridized carbons (Fsp3) is 0.421. The van der Waals surface area contributed by atoms with Gasteiger partial charge >= 0.3 is 0 Å². The van der Waals surface area contributed by atoms with Gasteiger partial charge in [0.1, 0.15) is 0 Å². The van der Waals surface area contributed by atoms with Crippen LogP contribution in [0.15, 0.2) is 35.7 Å². The molecule has 0 aliphatic carbocycles. The zero-order valence-corrected chi connectivity index (χ0v) is 15.2. The van der Waals surface area contributed by atoms with E-state index >= 15 is 0 Å². The van der Waals surface area contributed by atoms with Gasteiger partial charge in [0, 0.05) is 10.9 Å². The predicted octanol–water partition coefficient (Wildman–Crippen LogP) is 4.15. The van der Waals surface area contributed by atoms with Crippen LogP contribution in [0.1, 0.15) is 54.3 Å². The largest absolute Gasteiger partial charge is 0.350 e. The minimum atomic E-state index is 0.0310. The van der Waals surface area contributed by atoms with Crippen LogP contribution in [0, 0.1) is 6.92 Å². The van der Waals surface area contributed by atoms with E-state index < -0.39 is 0 Å². The van der Waals surface area contributed by atoms with Gasteiger partial charge in [0.2, 0.25) is 5.91 Å². The third-order valence-electron chi connectivity index (χ3n) is 4.09. The van der Waals surface area contributed by atoms with Crippen molar-refractivity contribution in [1.29, 1.82) is 0 Å². The topological polar surface area (TPSA) is 41.1 Å². The van der Waals surface area contributed by atoms with Crippen molar-refractivity contribution in [3.05, 3.63) is 57.3 Å². The van der Waals surface area contributed by atoms with Gasteiger partial charge in [-0.25, -0.2) is 0 Å². The summed E-state index contributed by atoms with van der Waals surface area (Å²) in [5, 5.41) is 8.30. The standard InChI is InChI=1S/C19H26N2OS/c1-13(2)16-5-7-17(8-6-16)15(4)20-12-19(22)21-11-18-14(3)9-10-23-18/h5-10,13,15,20H,11-12H2,1-4H3,(H,21,22). The fourth-order valence-electron chi connectivity index (χ4n) is 2.36. The molecule has 1 aromatic heterocycles. The lowest BCUT2D eigenvalue weighted by atomic mass is 9.99. The van der Waals surface area contributed by atoms with E-state index in [4.69, 9.17) is 0 Å². The second-order valence-corrected chi connectivity index (χ2v) is 7.23. The predicted molar refractivity (Wildman–Crippen MR) is 97.9 cm³/mol. The number of hydrogen-bond donors (Lipinski definition) is 2. The smallest absolute Gasteiger partial charge is 0.234 e. The molecule has 1 unspecified atom stereocenters. The molecule has 0 saturated carbocycles. The molecular weight excluding hydrogens is 304 g/mol. The van der Waals surface area contributed by atoms with Crippen LogP contribution in [0.5, 0.6) is 0 Å². The van der Waals surface area contributed by atoms with Crippen LogP contribution < -0.4 is 10.6 Å². The number of carbonyl (C=O) groups excluding carboxylic acids is 1. The van der Waals surface area contributed by atoms with E-state index in [-0.39, 0.29) is 11.9 Å². The lowest BCUT2D eigenvalue weighted by Crippen LogP contribution is -2.34. The van der Waals surface area contributed by atoms with Crippen molar-refractivity contribution >= 4 is 17.2 Å². The zero-order chi connectivity index (χ0) is 16.8. The molecule has 2 rings (SSSR count). The number of thiophene rings is 1. The van der Waals surface area contributed by atoms with E-state index in [1.54, 1.807) is 11.3 Å². The Bertz CT molecular complexity index is 631. The van der Waals surface area contributed by atoms with Crippen LogP contribution in [0.3, 0.4) is 0 Å². The number of benzene rings is 1. The molecule has 0 aliphatic heterocycles. The number of amides is 1. The molecule has 4 heteroatoms. The van der Waals surface area contributed by atoms with Crippen molar-refractivity contribution in [2.75, 3.05) is 6.54 Å². The highest BCUT2D eigenvalue weighted by molar-refractivity contribution is 7.10. The lowest BCUT2D eigenvalue weighted by Gasteiger charge is -2.15. The van der Waals surface area contributed by atoms with Gasteiger partial charge in [0.25, 0.3) is 0 Å². The summed E-state index contributed by atoms with van der Waals surface area (Å²) < 4.78 is 0. The second kappa shape index (κ2) is 8.27. The Morgan fingerprint density at radius 1 is 1.09 bits per heavy atom. The quantitative estimate of drug-likeness (QED) is 0.801. The molecule has 0 spiro atoms. The maximum atomic E-state index is 12.0. The normalized spacial score (nSPS) is 12.4. The summed E-state index contributed by atoms with van der Waals surface area (Å²) in [6.07, 6.45) is 0. The van der Waals surface area contributed by atoms with Crippen LogP contribution in [-0.2, 0) is 11.3 Å². The summed E-state index contributed by atoms with van der Waals surface area (Å²) in [7, 11) is 0. The van der Waals surface area contributed by atoms with Crippen molar-refractivity contribution in [3.63, 3.8) is 0 Å². The molecule has 0 aliphatic rings. The van der Waals surface area contributed by atoms with Crippen molar-refractivity contribution < 1.29 is 4.79 Å². The third-order valence-corrected chi connectivity index (χ3v) is 5.11. The van der Waals surface area contributed by atoms with Gasteiger partial charge in [-0.3, -0.25) is 4.79 Å². The molecule has 0 bridgehead atoms. The molecule has 124 valence electrons.